The molecule has 0 amide bonds. The van der Waals surface area contributed by atoms with Crippen molar-refractivity contribution < 1.29 is 14.3 Å². The average molecular weight is 370 g/mol. The molecule has 1 aromatic heterocycles. The van der Waals surface area contributed by atoms with Crippen LogP contribution in [0.15, 0.2) is 64.9 Å². The Morgan fingerprint density at radius 3 is 2.48 bits per heavy atom. The minimum atomic E-state index is -0.376. The summed E-state index contributed by atoms with van der Waals surface area (Å²) >= 11 is 3.29. The summed E-state index contributed by atoms with van der Waals surface area (Å²) in [6, 6.07) is 18.1. The first kappa shape index (κ1) is 17.6. The molecule has 3 aromatic rings. The van der Waals surface area contributed by atoms with Gasteiger partial charge in [0, 0.05) is 21.1 Å². The summed E-state index contributed by atoms with van der Waals surface area (Å²) in [6.07, 6.45) is 0. The minimum Gasteiger partial charge on any atom is -0.495 e. The third-order valence-electron chi connectivity index (χ3n) is 3.76. The minimum absolute atomic E-state index is 0.376. The standard InChI is InChI=1S/C20H18O3S2/c1-22-19-16(17-9-6-12-24-17)11-10-14(18(19)20(21)23-2)13-25-15-7-4-3-5-8-15/h3-12H,13H2,1-2H3. The Bertz CT molecular complexity index is 843. The number of thioether (sulfide) groups is 1. The van der Waals surface area contributed by atoms with Crippen molar-refractivity contribution >= 4 is 29.1 Å². The monoisotopic (exact) mass is 370 g/mol. The molecule has 0 saturated carbocycles. The van der Waals surface area contributed by atoms with Gasteiger partial charge in [-0.1, -0.05) is 30.3 Å². The van der Waals surface area contributed by atoms with E-state index in [0.717, 1.165) is 20.9 Å². The van der Waals surface area contributed by atoms with Crippen molar-refractivity contribution in [3.8, 4) is 16.2 Å². The van der Waals surface area contributed by atoms with E-state index < -0.39 is 0 Å². The van der Waals surface area contributed by atoms with Crippen LogP contribution in [0.4, 0.5) is 0 Å². The molecule has 0 saturated heterocycles. The quantitative estimate of drug-likeness (QED) is 0.424. The fourth-order valence-corrected chi connectivity index (χ4v) is 4.25. The van der Waals surface area contributed by atoms with Crippen LogP contribution in [0.1, 0.15) is 15.9 Å². The summed E-state index contributed by atoms with van der Waals surface area (Å²) < 4.78 is 10.6. The molecule has 25 heavy (non-hydrogen) atoms. The lowest BCUT2D eigenvalue weighted by atomic mass is 10.0. The molecule has 0 aliphatic rings. The number of rotatable bonds is 6. The lowest BCUT2D eigenvalue weighted by Crippen LogP contribution is -2.09. The van der Waals surface area contributed by atoms with Gasteiger partial charge in [0.2, 0.25) is 0 Å². The van der Waals surface area contributed by atoms with Crippen LogP contribution in [0.2, 0.25) is 0 Å². The van der Waals surface area contributed by atoms with Crippen LogP contribution in [-0.2, 0) is 10.5 Å². The Morgan fingerprint density at radius 2 is 1.84 bits per heavy atom. The van der Waals surface area contributed by atoms with Gasteiger partial charge in [0.05, 0.1) is 14.2 Å². The third-order valence-corrected chi connectivity index (χ3v) is 5.73. The predicted octanol–water partition coefficient (Wildman–Crippen LogP) is 5.50. The van der Waals surface area contributed by atoms with Crippen molar-refractivity contribution in [1.29, 1.82) is 0 Å². The lowest BCUT2D eigenvalue weighted by molar-refractivity contribution is 0.0596. The lowest BCUT2D eigenvalue weighted by Gasteiger charge is -2.15. The zero-order valence-corrected chi connectivity index (χ0v) is 15.7. The summed E-state index contributed by atoms with van der Waals surface area (Å²) in [7, 11) is 2.99. The van der Waals surface area contributed by atoms with E-state index in [9.17, 15) is 4.79 Å². The number of benzene rings is 2. The largest absolute Gasteiger partial charge is 0.495 e. The normalized spacial score (nSPS) is 10.5. The van der Waals surface area contributed by atoms with E-state index in [1.807, 2.05) is 47.8 Å². The van der Waals surface area contributed by atoms with Crippen molar-refractivity contribution in [2.75, 3.05) is 14.2 Å². The summed E-state index contributed by atoms with van der Waals surface area (Å²) in [5.41, 5.74) is 2.31. The highest BCUT2D eigenvalue weighted by molar-refractivity contribution is 7.98. The highest BCUT2D eigenvalue weighted by atomic mass is 32.2. The molecule has 0 N–H and O–H groups in total. The maximum Gasteiger partial charge on any atom is 0.341 e. The zero-order chi connectivity index (χ0) is 17.6. The highest BCUT2D eigenvalue weighted by Gasteiger charge is 2.22. The SMILES string of the molecule is COC(=O)c1c(CSc2ccccc2)ccc(-c2cccs2)c1OC. The van der Waals surface area contributed by atoms with Gasteiger partial charge >= 0.3 is 5.97 Å². The molecule has 0 unspecified atom stereocenters. The summed E-state index contributed by atoms with van der Waals surface area (Å²) in [6.45, 7) is 0. The van der Waals surface area contributed by atoms with E-state index in [0.29, 0.717) is 17.1 Å². The van der Waals surface area contributed by atoms with Crippen LogP contribution in [0, 0.1) is 0 Å². The van der Waals surface area contributed by atoms with E-state index >= 15 is 0 Å². The van der Waals surface area contributed by atoms with Crippen LogP contribution >= 0.6 is 23.1 Å². The van der Waals surface area contributed by atoms with Gasteiger partial charge in [0.15, 0.2) is 0 Å². The zero-order valence-electron chi connectivity index (χ0n) is 14.0. The van der Waals surface area contributed by atoms with E-state index in [2.05, 4.69) is 12.1 Å². The number of carbonyl (C=O) groups is 1. The second-order valence-corrected chi connectivity index (χ2v) is 7.25. The number of hydrogen-bond donors (Lipinski definition) is 0. The van der Waals surface area contributed by atoms with E-state index in [4.69, 9.17) is 9.47 Å². The molecular weight excluding hydrogens is 352 g/mol. The number of carbonyl (C=O) groups excluding carboxylic acids is 1. The Labute approximate surface area is 155 Å². The van der Waals surface area contributed by atoms with Crippen molar-refractivity contribution in [1.82, 2.24) is 0 Å². The van der Waals surface area contributed by atoms with Gasteiger partial charge in [-0.15, -0.1) is 23.1 Å². The molecule has 0 radical (unpaired) electrons. The van der Waals surface area contributed by atoms with Crippen LogP contribution in [0.25, 0.3) is 10.4 Å². The molecule has 1 heterocycles. The first-order chi connectivity index (χ1) is 12.2. The summed E-state index contributed by atoms with van der Waals surface area (Å²) in [4.78, 5) is 14.7. The van der Waals surface area contributed by atoms with Gasteiger partial charge in [-0.25, -0.2) is 4.79 Å². The number of ether oxygens (including phenoxy) is 2. The number of hydrogen-bond acceptors (Lipinski definition) is 5. The van der Waals surface area contributed by atoms with Crippen LogP contribution in [0.3, 0.4) is 0 Å². The Kier molecular flexibility index (Phi) is 5.79. The maximum atomic E-state index is 12.4. The number of thiophene rings is 1. The Morgan fingerprint density at radius 1 is 1.04 bits per heavy atom. The topological polar surface area (TPSA) is 35.5 Å². The van der Waals surface area contributed by atoms with Gasteiger partial charge in [-0.3, -0.25) is 0 Å². The number of methoxy groups -OCH3 is 2. The number of esters is 1. The van der Waals surface area contributed by atoms with Crippen molar-refractivity contribution in [2.45, 2.75) is 10.6 Å². The average Bonchev–Trinajstić information content (AvgIpc) is 3.20. The molecule has 3 nitrogen and oxygen atoms in total. The molecule has 0 atom stereocenters. The third kappa shape index (κ3) is 3.89. The van der Waals surface area contributed by atoms with Crippen molar-refractivity contribution in [3.05, 3.63) is 71.1 Å². The summed E-state index contributed by atoms with van der Waals surface area (Å²) in [5.74, 6) is 0.856. The second-order valence-electron chi connectivity index (χ2n) is 5.25. The molecule has 3 rings (SSSR count). The molecule has 5 heteroatoms. The van der Waals surface area contributed by atoms with Crippen molar-refractivity contribution in [2.24, 2.45) is 0 Å². The Hall–Kier alpha value is -2.24. The molecule has 0 aliphatic heterocycles. The maximum absolute atomic E-state index is 12.4. The summed E-state index contributed by atoms with van der Waals surface area (Å²) in [5, 5.41) is 2.01. The highest BCUT2D eigenvalue weighted by Crippen LogP contribution is 2.39. The Balaban J connectivity index is 2.01. The van der Waals surface area contributed by atoms with Crippen LogP contribution in [-0.4, -0.2) is 20.2 Å². The fourth-order valence-electron chi connectivity index (χ4n) is 2.59. The molecule has 0 bridgehead atoms. The smallest absolute Gasteiger partial charge is 0.341 e. The van der Waals surface area contributed by atoms with Gasteiger partial charge < -0.3 is 9.47 Å². The molecule has 0 aliphatic carbocycles. The second kappa shape index (κ2) is 8.23. The first-order valence-electron chi connectivity index (χ1n) is 7.74. The van der Waals surface area contributed by atoms with Crippen molar-refractivity contribution in [3.63, 3.8) is 0 Å². The predicted molar refractivity (Wildman–Crippen MR) is 104 cm³/mol. The van der Waals surface area contributed by atoms with E-state index in [1.54, 1.807) is 30.2 Å². The van der Waals surface area contributed by atoms with Gasteiger partial charge in [-0.05, 0) is 35.2 Å². The molecule has 128 valence electrons. The molecule has 0 fully saturated rings. The van der Waals surface area contributed by atoms with Crippen LogP contribution < -0.4 is 4.74 Å². The van der Waals surface area contributed by atoms with Gasteiger partial charge in [-0.2, -0.15) is 0 Å². The van der Waals surface area contributed by atoms with Gasteiger partial charge in [0.1, 0.15) is 11.3 Å². The van der Waals surface area contributed by atoms with Gasteiger partial charge in [0.25, 0.3) is 0 Å². The van der Waals surface area contributed by atoms with E-state index in [-0.39, 0.29) is 5.97 Å². The molecule has 0 spiro atoms. The fraction of sp³-hybridized carbons (Fsp3) is 0.150. The van der Waals surface area contributed by atoms with Crippen LogP contribution in [0.5, 0.6) is 5.75 Å². The molecule has 2 aromatic carbocycles. The first-order valence-corrected chi connectivity index (χ1v) is 9.61. The molecular formula is C20H18O3S2. The van der Waals surface area contributed by atoms with E-state index in [1.165, 1.54) is 7.11 Å².